The predicted octanol–water partition coefficient (Wildman–Crippen LogP) is 5.21. The van der Waals surface area contributed by atoms with Gasteiger partial charge in [0, 0.05) is 24.0 Å². The Bertz CT molecular complexity index is 1600. The second-order valence-electron chi connectivity index (χ2n) is 9.97. The molecular formula is C31H20N2O6. The first kappa shape index (κ1) is 23.0. The molecule has 3 aliphatic carbocycles. The number of nitrogens with zero attached hydrogens (tertiary/aromatic N) is 2. The molecule has 4 aromatic rings. The summed E-state index contributed by atoms with van der Waals surface area (Å²) in [4.78, 5) is 51.9. The van der Waals surface area contributed by atoms with Crippen molar-refractivity contribution < 1.29 is 24.0 Å². The van der Waals surface area contributed by atoms with Crippen LogP contribution >= 0.6 is 0 Å². The number of non-ortho nitro benzene ring substituents is 1. The van der Waals surface area contributed by atoms with Crippen LogP contribution in [0, 0.1) is 22.0 Å². The summed E-state index contributed by atoms with van der Waals surface area (Å²) < 4.78 is 5.38. The van der Waals surface area contributed by atoms with Crippen molar-refractivity contribution in [3.63, 3.8) is 0 Å². The lowest BCUT2D eigenvalue weighted by atomic mass is 9.55. The number of nitro groups is 1. The number of esters is 1. The number of benzene rings is 4. The van der Waals surface area contributed by atoms with E-state index in [9.17, 15) is 24.5 Å². The number of ether oxygens (including phenoxy) is 1. The molecule has 4 aromatic carbocycles. The third-order valence-electron chi connectivity index (χ3n) is 8.05. The molecule has 2 amide bonds. The van der Waals surface area contributed by atoms with Crippen molar-refractivity contribution in [2.45, 2.75) is 11.8 Å². The predicted molar refractivity (Wildman–Crippen MR) is 141 cm³/mol. The molecule has 1 heterocycles. The minimum Gasteiger partial charge on any atom is -0.423 e. The first-order chi connectivity index (χ1) is 18.9. The van der Waals surface area contributed by atoms with Crippen LogP contribution in [0.2, 0.25) is 0 Å². The fourth-order valence-corrected chi connectivity index (χ4v) is 6.51. The highest BCUT2D eigenvalue weighted by molar-refractivity contribution is 6.23. The number of hydrogen-bond acceptors (Lipinski definition) is 6. The maximum absolute atomic E-state index is 13.9. The fraction of sp³-hybridized carbons (Fsp3) is 0.129. The zero-order valence-corrected chi connectivity index (χ0v) is 20.4. The first-order valence-corrected chi connectivity index (χ1v) is 12.6. The summed E-state index contributed by atoms with van der Waals surface area (Å²) in [6.07, 6.45) is 0. The second-order valence-corrected chi connectivity index (χ2v) is 9.97. The van der Waals surface area contributed by atoms with Crippen molar-refractivity contribution in [3.05, 3.63) is 135 Å². The number of nitro benzene ring substituents is 1. The lowest BCUT2D eigenvalue weighted by molar-refractivity contribution is -0.384. The van der Waals surface area contributed by atoms with Gasteiger partial charge in [-0.3, -0.25) is 19.7 Å². The van der Waals surface area contributed by atoms with Gasteiger partial charge in [0.1, 0.15) is 5.75 Å². The molecule has 0 radical (unpaired) electrons. The Morgan fingerprint density at radius 3 is 1.72 bits per heavy atom. The van der Waals surface area contributed by atoms with Crippen LogP contribution in [-0.4, -0.2) is 22.7 Å². The van der Waals surface area contributed by atoms with Crippen molar-refractivity contribution in [3.8, 4) is 5.75 Å². The number of anilines is 1. The molecule has 39 heavy (non-hydrogen) atoms. The SMILES string of the molecule is O=C(Oc1ccc(N2C(=O)C3C4c5ccccc5C(c5ccccc54)C3C2=O)cc1)c1cccc([N+](=O)[O-])c1. The number of hydrogen-bond donors (Lipinski definition) is 0. The number of carbonyl (C=O) groups excluding carboxylic acids is 3. The Labute approximate surface area is 222 Å². The van der Waals surface area contributed by atoms with Gasteiger partial charge in [-0.25, -0.2) is 9.69 Å². The van der Waals surface area contributed by atoms with Crippen LogP contribution in [0.4, 0.5) is 11.4 Å². The number of imide groups is 1. The van der Waals surface area contributed by atoms with Crippen molar-refractivity contribution in [1.82, 2.24) is 0 Å². The molecule has 1 fully saturated rings. The zero-order valence-electron chi connectivity index (χ0n) is 20.4. The molecule has 190 valence electrons. The summed E-state index contributed by atoms with van der Waals surface area (Å²) in [6, 6.07) is 27.6. The summed E-state index contributed by atoms with van der Waals surface area (Å²) >= 11 is 0. The third kappa shape index (κ3) is 3.34. The molecule has 2 unspecified atom stereocenters. The molecule has 8 rings (SSSR count). The first-order valence-electron chi connectivity index (χ1n) is 12.6. The minimum atomic E-state index is -0.752. The number of carbonyl (C=O) groups is 3. The van der Waals surface area contributed by atoms with E-state index < -0.39 is 22.7 Å². The molecule has 8 nitrogen and oxygen atoms in total. The van der Waals surface area contributed by atoms with E-state index in [2.05, 4.69) is 24.3 Å². The van der Waals surface area contributed by atoms with Gasteiger partial charge in [0.05, 0.1) is 28.0 Å². The van der Waals surface area contributed by atoms with Crippen LogP contribution < -0.4 is 9.64 Å². The van der Waals surface area contributed by atoms with E-state index >= 15 is 0 Å². The Morgan fingerprint density at radius 1 is 0.718 bits per heavy atom. The van der Waals surface area contributed by atoms with E-state index in [0.29, 0.717) is 5.69 Å². The Kier molecular flexibility index (Phi) is 5.00. The summed E-state index contributed by atoms with van der Waals surface area (Å²) in [5.74, 6) is -2.38. The number of rotatable bonds is 4. The van der Waals surface area contributed by atoms with Crippen LogP contribution in [0.25, 0.3) is 0 Å². The summed E-state index contributed by atoms with van der Waals surface area (Å²) in [7, 11) is 0. The van der Waals surface area contributed by atoms with E-state index in [0.717, 1.165) is 28.3 Å². The highest BCUT2D eigenvalue weighted by Crippen LogP contribution is 2.61. The minimum absolute atomic E-state index is 0.0388. The molecule has 2 bridgehead atoms. The lowest BCUT2D eigenvalue weighted by Crippen LogP contribution is -2.41. The normalized spacial score (nSPS) is 22.2. The van der Waals surface area contributed by atoms with Gasteiger partial charge in [0.25, 0.3) is 5.69 Å². The Balaban J connectivity index is 1.18. The van der Waals surface area contributed by atoms with E-state index in [4.69, 9.17) is 4.74 Å². The summed E-state index contributed by atoms with van der Waals surface area (Å²) in [6.45, 7) is 0. The van der Waals surface area contributed by atoms with E-state index in [1.165, 1.54) is 35.2 Å². The Morgan fingerprint density at radius 2 is 1.23 bits per heavy atom. The van der Waals surface area contributed by atoms with Crippen LogP contribution in [0.1, 0.15) is 44.4 Å². The van der Waals surface area contributed by atoms with Crippen LogP contribution in [0.5, 0.6) is 5.75 Å². The number of amides is 2. The van der Waals surface area contributed by atoms with Gasteiger partial charge >= 0.3 is 5.97 Å². The Hall–Kier alpha value is -5.11. The highest BCUT2D eigenvalue weighted by atomic mass is 16.6. The molecule has 0 N–H and O–H groups in total. The average molecular weight is 517 g/mol. The fourth-order valence-electron chi connectivity index (χ4n) is 6.51. The van der Waals surface area contributed by atoms with Crippen molar-refractivity contribution in [2.75, 3.05) is 4.90 Å². The molecule has 1 aliphatic heterocycles. The van der Waals surface area contributed by atoms with Crippen LogP contribution in [0.3, 0.4) is 0 Å². The average Bonchev–Trinajstić information content (AvgIpc) is 3.23. The molecule has 1 saturated heterocycles. The lowest BCUT2D eigenvalue weighted by Gasteiger charge is -2.45. The topological polar surface area (TPSA) is 107 Å². The van der Waals surface area contributed by atoms with Gasteiger partial charge < -0.3 is 4.74 Å². The van der Waals surface area contributed by atoms with Gasteiger partial charge in [-0.15, -0.1) is 0 Å². The standard InChI is InChI=1S/C31H20N2O6/c34-29-27-25-21-8-1-2-9-22(21)26(24-11-4-3-10-23(24)25)28(27)30(35)32(29)18-12-14-20(15-13-18)39-31(36)17-6-5-7-19(16-17)33(37)38/h1-16,25-28H. The molecule has 2 atom stereocenters. The van der Waals surface area contributed by atoms with Crippen molar-refractivity contribution in [1.29, 1.82) is 0 Å². The third-order valence-corrected chi connectivity index (χ3v) is 8.05. The molecule has 0 spiro atoms. The summed E-state index contributed by atoms with van der Waals surface area (Å²) in [5, 5.41) is 11.0. The monoisotopic (exact) mass is 516 g/mol. The zero-order chi connectivity index (χ0) is 26.8. The maximum atomic E-state index is 13.9. The van der Waals surface area contributed by atoms with Crippen LogP contribution in [-0.2, 0) is 9.59 Å². The maximum Gasteiger partial charge on any atom is 0.343 e. The van der Waals surface area contributed by atoms with Crippen molar-refractivity contribution >= 4 is 29.2 Å². The molecule has 0 aromatic heterocycles. The van der Waals surface area contributed by atoms with Gasteiger partial charge in [0.15, 0.2) is 0 Å². The van der Waals surface area contributed by atoms with Crippen LogP contribution in [0.15, 0.2) is 97.1 Å². The highest BCUT2D eigenvalue weighted by Gasteiger charge is 2.61. The molecular weight excluding hydrogens is 496 g/mol. The summed E-state index contributed by atoms with van der Waals surface area (Å²) in [5.41, 5.74) is 4.65. The second kappa shape index (κ2) is 8.46. The van der Waals surface area contributed by atoms with E-state index in [-0.39, 0.29) is 40.7 Å². The van der Waals surface area contributed by atoms with E-state index in [1.807, 2.05) is 24.3 Å². The van der Waals surface area contributed by atoms with Gasteiger partial charge in [-0.1, -0.05) is 54.6 Å². The van der Waals surface area contributed by atoms with Gasteiger partial charge in [-0.2, -0.15) is 0 Å². The molecule has 0 saturated carbocycles. The largest absolute Gasteiger partial charge is 0.423 e. The van der Waals surface area contributed by atoms with Crippen molar-refractivity contribution in [2.24, 2.45) is 11.8 Å². The van der Waals surface area contributed by atoms with Gasteiger partial charge in [-0.05, 0) is 52.6 Å². The van der Waals surface area contributed by atoms with Gasteiger partial charge in [0.2, 0.25) is 11.8 Å². The molecule has 8 heteroatoms. The quantitative estimate of drug-likeness (QED) is 0.121. The van der Waals surface area contributed by atoms with E-state index in [1.54, 1.807) is 12.1 Å². The molecule has 4 aliphatic rings. The smallest absolute Gasteiger partial charge is 0.343 e.